The molecule has 128 valence electrons. The van der Waals surface area contributed by atoms with Crippen LogP contribution in [0.3, 0.4) is 0 Å². The lowest BCUT2D eigenvalue weighted by Gasteiger charge is -2.13. The molecule has 3 aromatic carbocycles. The van der Waals surface area contributed by atoms with Crippen molar-refractivity contribution in [2.75, 3.05) is 0 Å². The van der Waals surface area contributed by atoms with Gasteiger partial charge < -0.3 is 10.5 Å². The minimum Gasteiger partial charge on any atom is -0.460 e. The average Bonchev–Trinajstić information content (AvgIpc) is 2.58. The van der Waals surface area contributed by atoms with Crippen LogP contribution in [0.1, 0.15) is 22.3 Å². The summed E-state index contributed by atoms with van der Waals surface area (Å²) in [6, 6.07) is 19.8. The van der Waals surface area contributed by atoms with Crippen molar-refractivity contribution in [2.45, 2.75) is 32.9 Å². The molecule has 0 aliphatic carbocycles. The van der Waals surface area contributed by atoms with Crippen molar-refractivity contribution < 1.29 is 9.53 Å². The zero-order valence-corrected chi connectivity index (χ0v) is 14.7. The normalized spacial score (nSPS) is 12.1. The fourth-order valence-electron chi connectivity index (χ4n) is 3.12. The Hall–Kier alpha value is -2.65. The van der Waals surface area contributed by atoms with Gasteiger partial charge in [0.15, 0.2) is 0 Å². The van der Waals surface area contributed by atoms with Gasteiger partial charge >= 0.3 is 5.97 Å². The maximum atomic E-state index is 12.2. The Kier molecular flexibility index (Phi) is 5.15. The molecule has 3 rings (SSSR count). The summed E-state index contributed by atoms with van der Waals surface area (Å²) in [5.41, 5.74) is 10.4. The van der Waals surface area contributed by atoms with Crippen molar-refractivity contribution in [2.24, 2.45) is 5.73 Å². The van der Waals surface area contributed by atoms with E-state index in [0.717, 1.165) is 27.6 Å². The summed E-state index contributed by atoms with van der Waals surface area (Å²) in [6.45, 7) is 4.32. The molecule has 3 nitrogen and oxygen atoms in total. The number of nitrogens with two attached hydrogens (primary N) is 1. The second-order valence-corrected chi connectivity index (χ2v) is 6.60. The Morgan fingerprint density at radius 3 is 2.32 bits per heavy atom. The molecule has 0 unspecified atom stereocenters. The van der Waals surface area contributed by atoms with E-state index in [2.05, 4.69) is 30.3 Å². The van der Waals surface area contributed by atoms with E-state index < -0.39 is 6.04 Å². The van der Waals surface area contributed by atoms with Gasteiger partial charge in [-0.25, -0.2) is 0 Å². The molecule has 0 spiro atoms. The summed E-state index contributed by atoms with van der Waals surface area (Å²) < 4.78 is 5.40. The van der Waals surface area contributed by atoms with Crippen LogP contribution in [0.5, 0.6) is 0 Å². The standard InChI is InChI=1S/C22H23NO2/c1-15-9-16(2)11-18(10-15)14-25-22(24)21(23)13-17-7-8-19-5-3-4-6-20(19)12-17/h3-12,21H,13-14,23H2,1-2H3/t21-/m0/s1. The second-order valence-electron chi connectivity index (χ2n) is 6.60. The molecule has 0 aliphatic heterocycles. The van der Waals surface area contributed by atoms with Crippen LogP contribution < -0.4 is 5.73 Å². The first-order valence-corrected chi connectivity index (χ1v) is 8.48. The molecule has 0 aliphatic rings. The molecule has 0 saturated carbocycles. The van der Waals surface area contributed by atoms with Gasteiger partial charge in [0, 0.05) is 0 Å². The van der Waals surface area contributed by atoms with Crippen LogP contribution in [0.25, 0.3) is 10.8 Å². The largest absolute Gasteiger partial charge is 0.460 e. The van der Waals surface area contributed by atoms with E-state index in [1.807, 2.05) is 44.2 Å². The Bertz CT molecular complexity index is 881. The molecule has 25 heavy (non-hydrogen) atoms. The topological polar surface area (TPSA) is 52.3 Å². The molecule has 0 heterocycles. The first-order chi connectivity index (χ1) is 12.0. The molecule has 3 heteroatoms. The highest BCUT2D eigenvalue weighted by Crippen LogP contribution is 2.17. The van der Waals surface area contributed by atoms with Crippen LogP contribution >= 0.6 is 0 Å². The third-order valence-corrected chi connectivity index (χ3v) is 4.23. The van der Waals surface area contributed by atoms with Crippen LogP contribution in [-0.2, 0) is 22.6 Å². The monoisotopic (exact) mass is 333 g/mol. The molecule has 0 aromatic heterocycles. The molecule has 0 radical (unpaired) electrons. The number of rotatable bonds is 5. The number of esters is 1. The number of benzene rings is 3. The summed E-state index contributed by atoms with van der Waals surface area (Å²) in [7, 11) is 0. The average molecular weight is 333 g/mol. The van der Waals surface area contributed by atoms with Crippen molar-refractivity contribution in [3.8, 4) is 0 Å². The van der Waals surface area contributed by atoms with Crippen molar-refractivity contribution in [3.05, 3.63) is 82.9 Å². The molecule has 0 saturated heterocycles. The van der Waals surface area contributed by atoms with Crippen molar-refractivity contribution in [3.63, 3.8) is 0 Å². The number of hydrogen-bond donors (Lipinski definition) is 1. The summed E-state index contributed by atoms with van der Waals surface area (Å²) in [4.78, 5) is 12.2. The van der Waals surface area contributed by atoms with Crippen molar-refractivity contribution >= 4 is 16.7 Å². The number of carbonyl (C=O) groups is 1. The lowest BCUT2D eigenvalue weighted by molar-refractivity contribution is -0.146. The first kappa shape index (κ1) is 17.2. The van der Waals surface area contributed by atoms with Gasteiger partial charge in [-0.1, -0.05) is 71.8 Å². The van der Waals surface area contributed by atoms with Gasteiger partial charge in [-0.2, -0.15) is 0 Å². The van der Waals surface area contributed by atoms with Gasteiger partial charge in [-0.05, 0) is 42.2 Å². The maximum Gasteiger partial charge on any atom is 0.323 e. The zero-order chi connectivity index (χ0) is 17.8. The Labute approximate surface area is 148 Å². The minimum atomic E-state index is -0.660. The van der Waals surface area contributed by atoms with Crippen molar-refractivity contribution in [1.82, 2.24) is 0 Å². The summed E-state index contributed by atoms with van der Waals surface area (Å²) in [5.74, 6) is -0.368. The maximum absolute atomic E-state index is 12.2. The summed E-state index contributed by atoms with van der Waals surface area (Å²) >= 11 is 0. The highest BCUT2D eigenvalue weighted by atomic mass is 16.5. The van der Waals surface area contributed by atoms with E-state index >= 15 is 0 Å². The molecule has 1 atom stereocenters. The fourth-order valence-corrected chi connectivity index (χ4v) is 3.12. The number of hydrogen-bond acceptors (Lipinski definition) is 3. The van der Waals surface area contributed by atoms with Crippen LogP contribution in [-0.4, -0.2) is 12.0 Å². The highest BCUT2D eigenvalue weighted by molar-refractivity contribution is 5.83. The molecule has 2 N–H and O–H groups in total. The number of fused-ring (bicyclic) bond motifs is 1. The van der Waals surface area contributed by atoms with Gasteiger partial charge in [0.1, 0.15) is 12.6 Å². The lowest BCUT2D eigenvalue weighted by atomic mass is 10.0. The van der Waals surface area contributed by atoms with E-state index in [1.165, 1.54) is 5.39 Å². The lowest BCUT2D eigenvalue weighted by Crippen LogP contribution is -2.34. The molecule has 0 fully saturated rings. The molecular weight excluding hydrogens is 310 g/mol. The fraction of sp³-hybridized carbons (Fsp3) is 0.227. The predicted molar refractivity (Wildman–Crippen MR) is 101 cm³/mol. The summed E-state index contributed by atoms with van der Waals surface area (Å²) in [6.07, 6.45) is 0.469. The van der Waals surface area contributed by atoms with Crippen LogP contribution in [0, 0.1) is 13.8 Å². The van der Waals surface area contributed by atoms with Gasteiger partial charge in [-0.15, -0.1) is 0 Å². The SMILES string of the molecule is Cc1cc(C)cc(COC(=O)[C@@H](N)Cc2ccc3ccccc3c2)c1. The molecular formula is C22H23NO2. The van der Waals surface area contributed by atoms with E-state index in [4.69, 9.17) is 10.5 Å². The van der Waals surface area contributed by atoms with E-state index in [-0.39, 0.29) is 12.6 Å². The minimum absolute atomic E-state index is 0.257. The number of aryl methyl sites for hydroxylation is 2. The smallest absolute Gasteiger partial charge is 0.323 e. The number of ether oxygens (including phenoxy) is 1. The third kappa shape index (κ3) is 4.46. The van der Waals surface area contributed by atoms with Gasteiger partial charge in [0.25, 0.3) is 0 Å². The van der Waals surface area contributed by atoms with Gasteiger partial charge in [0.2, 0.25) is 0 Å². The Balaban J connectivity index is 1.61. The predicted octanol–water partition coefficient (Wildman–Crippen LogP) is 4.07. The first-order valence-electron chi connectivity index (χ1n) is 8.48. The van der Waals surface area contributed by atoms with E-state index in [0.29, 0.717) is 6.42 Å². The zero-order valence-electron chi connectivity index (χ0n) is 14.7. The quantitative estimate of drug-likeness (QED) is 0.716. The van der Waals surface area contributed by atoms with Crippen LogP contribution in [0.2, 0.25) is 0 Å². The van der Waals surface area contributed by atoms with Crippen molar-refractivity contribution in [1.29, 1.82) is 0 Å². The molecule has 3 aromatic rings. The third-order valence-electron chi connectivity index (χ3n) is 4.23. The van der Waals surface area contributed by atoms with Gasteiger partial charge in [-0.3, -0.25) is 4.79 Å². The number of carbonyl (C=O) groups excluding carboxylic acids is 1. The van der Waals surface area contributed by atoms with E-state index in [9.17, 15) is 4.79 Å². The van der Waals surface area contributed by atoms with Crippen LogP contribution in [0.4, 0.5) is 0 Å². The van der Waals surface area contributed by atoms with E-state index in [1.54, 1.807) is 0 Å². The second kappa shape index (κ2) is 7.49. The molecule has 0 amide bonds. The molecule has 0 bridgehead atoms. The Morgan fingerprint density at radius 2 is 1.60 bits per heavy atom. The summed E-state index contributed by atoms with van der Waals surface area (Å²) in [5, 5.41) is 2.33. The Morgan fingerprint density at radius 1 is 0.920 bits per heavy atom. The highest BCUT2D eigenvalue weighted by Gasteiger charge is 2.16. The van der Waals surface area contributed by atoms with Crippen LogP contribution in [0.15, 0.2) is 60.7 Å². The van der Waals surface area contributed by atoms with Gasteiger partial charge in [0.05, 0.1) is 0 Å².